The average Bonchev–Trinajstić information content (AvgIpc) is 2.45. The maximum Gasteiger partial charge on any atom is 0.192 e. The molecule has 0 fully saturated rings. The Morgan fingerprint density at radius 3 is 2.86 bits per heavy atom. The van der Waals surface area contributed by atoms with Gasteiger partial charge in [0.1, 0.15) is 0 Å². The third kappa shape index (κ3) is 3.66. The summed E-state index contributed by atoms with van der Waals surface area (Å²) < 4.78 is 0. The molecule has 0 spiro atoms. The Kier molecular flexibility index (Phi) is 4.70. The highest BCUT2D eigenvalue weighted by Gasteiger charge is 2.09. The van der Waals surface area contributed by atoms with Crippen LogP contribution in [-0.2, 0) is 6.42 Å². The summed E-state index contributed by atoms with van der Waals surface area (Å²) in [4.78, 5) is 15.8. The highest BCUT2D eigenvalue weighted by atomic mass is 32.1. The molecule has 0 saturated heterocycles. The summed E-state index contributed by atoms with van der Waals surface area (Å²) in [6, 6.07) is 7.53. The molecule has 1 heterocycles. The van der Waals surface area contributed by atoms with Crippen molar-refractivity contribution < 1.29 is 0 Å². The van der Waals surface area contributed by atoms with Crippen molar-refractivity contribution in [2.45, 2.75) is 26.7 Å². The van der Waals surface area contributed by atoms with Gasteiger partial charge in [0.05, 0.1) is 0 Å². The van der Waals surface area contributed by atoms with Crippen molar-refractivity contribution in [3.05, 3.63) is 45.7 Å². The molecule has 21 heavy (non-hydrogen) atoms. The zero-order valence-electron chi connectivity index (χ0n) is 12.1. The van der Waals surface area contributed by atoms with Gasteiger partial charge in [-0.25, -0.2) is 0 Å². The Balaban J connectivity index is 2.25. The molecule has 2 rings (SSSR count). The fourth-order valence-corrected chi connectivity index (χ4v) is 2.26. The van der Waals surface area contributed by atoms with E-state index in [4.69, 9.17) is 18.0 Å². The zero-order valence-corrected chi connectivity index (χ0v) is 12.9. The van der Waals surface area contributed by atoms with Crippen molar-refractivity contribution >= 4 is 33.9 Å². The first kappa shape index (κ1) is 15.2. The number of aromatic amines is 1. The molecule has 5 nitrogen and oxygen atoms in total. The average molecular weight is 302 g/mol. The lowest BCUT2D eigenvalue weighted by Crippen LogP contribution is -2.25. The van der Waals surface area contributed by atoms with Crippen LogP contribution in [0.2, 0.25) is 0 Å². The molecule has 1 aromatic carbocycles. The van der Waals surface area contributed by atoms with Crippen molar-refractivity contribution in [3.8, 4) is 0 Å². The van der Waals surface area contributed by atoms with Gasteiger partial charge in [-0.05, 0) is 51.0 Å². The predicted octanol–water partition coefficient (Wildman–Crippen LogP) is 1.98. The first-order valence-corrected chi connectivity index (χ1v) is 7.09. The number of hydrogen-bond donors (Lipinski definition) is 3. The summed E-state index contributed by atoms with van der Waals surface area (Å²) in [5, 5.41) is 4.90. The minimum absolute atomic E-state index is 0.0805. The van der Waals surface area contributed by atoms with Gasteiger partial charge < -0.3 is 10.7 Å². The van der Waals surface area contributed by atoms with Gasteiger partial charge in [-0.1, -0.05) is 12.1 Å². The molecule has 1 aromatic heterocycles. The molecule has 0 atom stereocenters. The fraction of sp³-hybridized carbons (Fsp3) is 0.267. The quantitative estimate of drug-likeness (QED) is 0.458. The molecule has 110 valence electrons. The van der Waals surface area contributed by atoms with Crippen molar-refractivity contribution in [3.63, 3.8) is 0 Å². The maximum absolute atomic E-state index is 12.5. The normalized spacial score (nSPS) is 11.6. The number of aromatic nitrogens is 1. The molecule has 4 N–H and O–H groups in total. The van der Waals surface area contributed by atoms with Crippen molar-refractivity contribution in [1.29, 1.82) is 0 Å². The van der Waals surface area contributed by atoms with Gasteiger partial charge in [0.2, 0.25) is 0 Å². The second-order valence-corrected chi connectivity index (χ2v) is 5.37. The SMILES string of the molecule is CC(CCc1c(C)[nH]c2ccccc2c1=O)=NNC(N)=S. The largest absolute Gasteiger partial charge is 0.375 e. The van der Waals surface area contributed by atoms with Gasteiger partial charge in [0, 0.05) is 27.9 Å². The molecule has 6 heteroatoms. The van der Waals surface area contributed by atoms with Crippen LogP contribution in [0.3, 0.4) is 0 Å². The molecule has 0 aliphatic heterocycles. The molecular formula is C15H18N4OS. The Morgan fingerprint density at radius 1 is 1.43 bits per heavy atom. The van der Waals surface area contributed by atoms with Crippen LogP contribution < -0.4 is 16.6 Å². The number of nitrogens with zero attached hydrogens (tertiary/aromatic N) is 1. The van der Waals surface area contributed by atoms with Crippen LogP contribution in [0.25, 0.3) is 10.9 Å². The lowest BCUT2D eigenvalue weighted by Gasteiger charge is -2.08. The third-order valence-corrected chi connectivity index (χ3v) is 3.41. The number of thiocarbonyl (C=S) groups is 1. The number of nitrogens with two attached hydrogens (primary N) is 1. The van der Waals surface area contributed by atoms with Gasteiger partial charge in [0.15, 0.2) is 10.5 Å². The number of para-hydroxylation sites is 1. The van der Waals surface area contributed by atoms with E-state index in [9.17, 15) is 4.79 Å². The van der Waals surface area contributed by atoms with E-state index >= 15 is 0 Å². The van der Waals surface area contributed by atoms with Gasteiger partial charge in [-0.2, -0.15) is 5.10 Å². The first-order chi connectivity index (χ1) is 9.99. The van der Waals surface area contributed by atoms with Crippen LogP contribution in [0.15, 0.2) is 34.2 Å². The number of H-pyrrole nitrogens is 1. The van der Waals surface area contributed by atoms with Crippen molar-refractivity contribution in [1.82, 2.24) is 10.4 Å². The van der Waals surface area contributed by atoms with Crippen LogP contribution in [0, 0.1) is 6.92 Å². The Bertz CT molecular complexity index is 764. The number of pyridine rings is 1. The summed E-state index contributed by atoms with van der Waals surface area (Å²) in [6.07, 6.45) is 1.29. The first-order valence-electron chi connectivity index (χ1n) is 6.68. The van der Waals surface area contributed by atoms with Gasteiger partial charge in [0.25, 0.3) is 0 Å². The number of rotatable bonds is 4. The van der Waals surface area contributed by atoms with Crippen LogP contribution in [-0.4, -0.2) is 15.8 Å². The van der Waals surface area contributed by atoms with Crippen LogP contribution in [0.4, 0.5) is 0 Å². The van der Waals surface area contributed by atoms with E-state index < -0.39 is 0 Å². The van der Waals surface area contributed by atoms with Gasteiger partial charge in [-0.15, -0.1) is 0 Å². The number of hydrogen-bond acceptors (Lipinski definition) is 3. The van der Waals surface area contributed by atoms with Crippen molar-refractivity contribution in [2.75, 3.05) is 0 Å². The third-order valence-electron chi connectivity index (χ3n) is 3.31. The standard InChI is InChI=1S/C15H18N4OS/c1-9(18-19-15(16)21)7-8-11-10(2)17-13-6-4-3-5-12(13)14(11)20/h3-6H,7-8H2,1-2H3,(H,17,20)(H3,16,19,21). The predicted molar refractivity (Wildman–Crippen MR) is 90.7 cm³/mol. The Hall–Kier alpha value is -2.21. The molecule has 0 aliphatic carbocycles. The summed E-state index contributed by atoms with van der Waals surface area (Å²) in [5.74, 6) is 0. The second-order valence-electron chi connectivity index (χ2n) is 4.93. The van der Waals surface area contributed by atoms with Gasteiger partial charge >= 0.3 is 0 Å². The van der Waals surface area contributed by atoms with Crippen LogP contribution in [0.1, 0.15) is 24.6 Å². The molecular weight excluding hydrogens is 284 g/mol. The topological polar surface area (TPSA) is 83.3 Å². The van der Waals surface area contributed by atoms with E-state index in [0.29, 0.717) is 18.2 Å². The molecule has 0 bridgehead atoms. The van der Waals surface area contributed by atoms with Gasteiger partial charge in [-0.3, -0.25) is 10.2 Å². The van der Waals surface area contributed by atoms with E-state index in [1.165, 1.54) is 0 Å². The number of benzene rings is 1. The van der Waals surface area contributed by atoms with E-state index in [-0.39, 0.29) is 10.5 Å². The zero-order chi connectivity index (χ0) is 15.4. The number of aryl methyl sites for hydroxylation is 1. The highest BCUT2D eigenvalue weighted by Crippen LogP contribution is 2.12. The summed E-state index contributed by atoms with van der Waals surface area (Å²) in [5.41, 5.74) is 11.3. The van der Waals surface area contributed by atoms with E-state index in [1.54, 1.807) is 0 Å². The van der Waals surface area contributed by atoms with E-state index in [2.05, 4.69) is 15.5 Å². The fourth-order valence-electron chi connectivity index (χ4n) is 2.21. The lowest BCUT2D eigenvalue weighted by atomic mass is 10.0. The molecule has 0 unspecified atom stereocenters. The lowest BCUT2D eigenvalue weighted by molar-refractivity contribution is 0.948. The molecule has 2 aromatic rings. The summed E-state index contributed by atoms with van der Waals surface area (Å²) in [7, 11) is 0. The maximum atomic E-state index is 12.5. The summed E-state index contributed by atoms with van der Waals surface area (Å²) >= 11 is 4.69. The molecule has 0 amide bonds. The summed E-state index contributed by atoms with van der Waals surface area (Å²) in [6.45, 7) is 3.79. The van der Waals surface area contributed by atoms with Crippen LogP contribution >= 0.6 is 12.2 Å². The Labute approximate surface area is 128 Å². The second kappa shape index (κ2) is 6.49. The monoisotopic (exact) mass is 302 g/mol. The highest BCUT2D eigenvalue weighted by molar-refractivity contribution is 7.80. The van der Waals surface area contributed by atoms with E-state index in [1.807, 2.05) is 38.1 Å². The van der Waals surface area contributed by atoms with Crippen LogP contribution in [0.5, 0.6) is 0 Å². The molecule has 0 radical (unpaired) electrons. The van der Waals surface area contributed by atoms with Crippen molar-refractivity contribution in [2.24, 2.45) is 10.8 Å². The molecule has 0 saturated carbocycles. The minimum atomic E-state index is 0.0805. The minimum Gasteiger partial charge on any atom is -0.375 e. The number of nitrogens with one attached hydrogen (secondary N) is 2. The Morgan fingerprint density at radius 2 is 2.14 bits per heavy atom. The number of fused-ring (bicyclic) bond motifs is 1. The number of hydrazone groups is 1. The smallest absolute Gasteiger partial charge is 0.192 e. The van der Waals surface area contributed by atoms with E-state index in [0.717, 1.165) is 22.5 Å². The molecule has 0 aliphatic rings.